The van der Waals surface area contributed by atoms with Crippen molar-refractivity contribution in [1.29, 1.82) is 0 Å². The molecule has 0 spiro atoms. The molecule has 2 unspecified atom stereocenters. The van der Waals surface area contributed by atoms with Gasteiger partial charge in [0.15, 0.2) is 0 Å². The van der Waals surface area contributed by atoms with E-state index in [9.17, 15) is 4.79 Å². The Morgan fingerprint density at radius 2 is 2.19 bits per heavy atom. The zero-order valence-corrected chi connectivity index (χ0v) is 12.5. The smallest absolute Gasteiger partial charge is 0.220 e. The first-order valence-electron chi connectivity index (χ1n) is 7.21. The quantitative estimate of drug-likeness (QED) is 0.855. The minimum atomic E-state index is -0.0407. The minimum absolute atomic E-state index is 0.0318. The molecule has 1 amide bonds. The summed E-state index contributed by atoms with van der Waals surface area (Å²) in [7, 11) is 0. The van der Waals surface area contributed by atoms with E-state index in [1.165, 1.54) is 0 Å². The highest BCUT2D eigenvalue weighted by molar-refractivity contribution is 5.76. The molecule has 1 aromatic heterocycles. The van der Waals surface area contributed by atoms with Gasteiger partial charge in [-0.3, -0.25) is 4.79 Å². The zero-order chi connectivity index (χ0) is 15.2. The Balaban J connectivity index is 2.01. The van der Waals surface area contributed by atoms with Crippen LogP contribution in [0.3, 0.4) is 0 Å². The molecule has 0 aliphatic rings. The van der Waals surface area contributed by atoms with Crippen LogP contribution in [0.15, 0.2) is 42.7 Å². The fourth-order valence-corrected chi connectivity index (χ4v) is 2.11. The topological polar surface area (TPSA) is 72.9 Å². The van der Waals surface area contributed by atoms with Gasteiger partial charge in [-0.05, 0) is 44.0 Å². The number of nitrogens with zero attached hydrogens (tertiary/aromatic N) is 2. The molecule has 2 aromatic rings. The molecular formula is C16H22N4O. The average molecular weight is 286 g/mol. The number of hydrogen-bond donors (Lipinski definition) is 2. The summed E-state index contributed by atoms with van der Waals surface area (Å²) in [6.07, 6.45) is 4.80. The van der Waals surface area contributed by atoms with Crippen LogP contribution in [0.2, 0.25) is 0 Å². The average Bonchev–Trinajstić information content (AvgIpc) is 2.99. The third-order valence-corrected chi connectivity index (χ3v) is 3.34. The summed E-state index contributed by atoms with van der Waals surface area (Å²) in [4.78, 5) is 11.9. The molecule has 5 nitrogen and oxygen atoms in total. The number of hydrogen-bond acceptors (Lipinski definition) is 3. The van der Waals surface area contributed by atoms with E-state index in [0.29, 0.717) is 12.8 Å². The normalized spacial score (nSPS) is 13.7. The summed E-state index contributed by atoms with van der Waals surface area (Å²) < 4.78 is 1.80. The molecule has 0 saturated heterocycles. The number of carbonyl (C=O) groups is 1. The van der Waals surface area contributed by atoms with Crippen LogP contribution in [-0.4, -0.2) is 21.7 Å². The fourth-order valence-electron chi connectivity index (χ4n) is 2.11. The van der Waals surface area contributed by atoms with Gasteiger partial charge in [0.1, 0.15) is 0 Å². The Labute approximate surface area is 125 Å². The number of rotatable bonds is 6. The monoisotopic (exact) mass is 286 g/mol. The molecule has 1 heterocycles. The molecule has 1 aromatic carbocycles. The van der Waals surface area contributed by atoms with Gasteiger partial charge in [0, 0.05) is 24.9 Å². The van der Waals surface area contributed by atoms with Crippen LogP contribution in [0.4, 0.5) is 0 Å². The zero-order valence-electron chi connectivity index (χ0n) is 12.5. The van der Waals surface area contributed by atoms with E-state index in [1.54, 1.807) is 10.9 Å². The van der Waals surface area contributed by atoms with Gasteiger partial charge in [-0.1, -0.05) is 12.1 Å². The van der Waals surface area contributed by atoms with Crippen LogP contribution in [0, 0.1) is 0 Å². The van der Waals surface area contributed by atoms with Gasteiger partial charge in [0.2, 0.25) is 5.91 Å². The number of aromatic nitrogens is 2. The van der Waals surface area contributed by atoms with Crippen LogP contribution < -0.4 is 11.1 Å². The highest BCUT2D eigenvalue weighted by atomic mass is 16.1. The SMILES string of the molecule is CC(N)CCC(=O)NC(C)c1cccc(-n2cccn2)c1. The lowest BCUT2D eigenvalue weighted by Gasteiger charge is -2.16. The molecule has 0 aliphatic heterocycles. The van der Waals surface area contributed by atoms with Crippen molar-refractivity contribution in [3.63, 3.8) is 0 Å². The van der Waals surface area contributed by atoms with Crippen LogP contribution in [0.25, 0.3) is 5.69 Å². The third kappa shape index (κ3) is 4.43. The number of nitrogens with one attached hydrogen (secondary N) is 1. The van der Waals surface area contributed by atoms with E-state index in [-0.39, 0.29) is 18.0 Å². The van der Waals surface area contributed by atoms with Crippen LogP contribution >= 0.6 is 0 Å². The van der Waals surface area contributed by atoms with Crippen molar-refractivity contribution in [1.82, 2.24) is 15.1 Å². The number of nitrogens with two attached hydrogens (primary N) is 1. The van der Waals surface area contributed by atoms with E-state index in [1.807, 2.05) is 50.4 Å². The Morgan fingerprint density at radius 3 is 2.86 bits per heavy atom. The Kier molecular flexibility index (Phi) is 5.11. The molecule has 112 valence electrons. The fraction of sp³-hybridized carbons (Fsp3) is 0.375. The molecule has 0 aliphatic carbocycles. The molecule has 0 radical (unpaired) electrons. The van der Waals surface area contributed by atoms with Crippen LogP contribution in [0.1, 0.15) is 38.3 Å². The predicted molar refractivity (Wildman–Crippen MR) is 83.0 cm³/mol. The van der Waals surface area contributed by atoms with Crippen molar-refractivity contribution in [2.75, 3.05) is 0 Å². The maximum absolute atomic E-state index is 11.9. The summed E-state index contributed by atoms with van der Waals surface area (Å²) in [6, 6.07) is 9.88. The largest absolute Gasteiger partial charge is 0.350 e. The number of amides is 1. The highest BCUT2D eigenvalue weighted by Gasteiger charge is 2.11. The van der Waals surface area contributed by atoms with E-state index in [4.69, 9.17) is 5.73 Å². The second kappa shape index (κ2) is 7.04. The molecule has 2 atom stereocenters. The van der Waals surface area contributed by atoms with Crippen LogP contribution in [0.5, 0.6) is 0 Å². The molecule has 0 saturated carbocycles. The summed E-state index contributed by atoms with van der Waals surface area (Å²) >= 11 is 0. The molecule has 3 N–H and O–H groups in total. The van der Waals surface area contributed by atoms with E-state index in [2.05, 4.69) is 10.4 Å². The van der Waals surface area contributed by atoms with Crippen molar-refractivity contribution in [2.45, 2.75) is 38.8 Å². The maximum Gasteiger partial charge on any atom is 0.220 e. The molecule has 5 heteroatoms. The van der Waals surface area contributed by atoms with Gasteiger partial charge in [-0.2, -0.15) is 5.10 Å². The predicted octanol–water partition coefficient (Wildman–Crippen LogP) is 2.18. The standard InChI is InChI=1S/C16H22N4O/c1-12(17)7-8-16(21)19-13(2)14-5-3-6-15(11-14)20-10-4-9-18-20/h3-6,9-13H,7-8,17H2,1-2H3,(H,19,21). The molecule has 0 bridgehead atoms. The third-order valence-electron chi connectivity index (χ3n) is 3.34. The first-order valence-corrected chi connectivity index (χ1v) is 7.21. The van der Waals surface area contributed by atoms with Gasteiger partial charge in [-0.15, -0.1) is 0 Å². The van der Waals surface area contributed by atoms with Crippen molar-refractivity contribution in [2.24, 2.45) is 5.73 Å². The lowest BCUT2D eigenvalue weighted by molar-refractivity contribution is -0.121. The summed E-state index contributed by atoms with van der Waals surface area (Å²) in [6.45, 7) is 3.89. The minimum Gasteiger partial charge on any atom is -0.350 e. The van der Waals surface area contributed by atoms with Gasteiger partial charge < -0.3 is 11.1 Å². The lowest BCUT2D eigenvalue weighted by Crippen LogP contribution is -2.28. The molecule has 0 fully saturated rings. The van der Waals surface area contributed by atoms with Crippen molar-refractivity contribution in [3.8, 4) is 5.69 Å². The van der Waals surface area contributed by atoms with Crippen molar-refractivity contribution >= 4 is 5.91 Å². The second-order valence-corrected chi connectivity index (χ2v) is 5.35. The Morgan fingerprint density at radius 1 is 1.38 bits per heavy atom. The van der Waals surface area contributed by atoms with Crippen molar-refractivity contribution in [3.05, 3.63) is 48.3 Å². The first kappa shape index (κ1) is 15.3. The Hall–Kier alpha value is -2.14. The maximum atomic E-state index is 11.9. The molecule has 21 heavy (non-hydrogen) atoms. The van der Waals surface area contributed by atoms with Crippen molar-refractivity contribution < 1.29 is 4.79 Å². The van der Waals surface area contributed by atoms with Gasteiger partial charge >= 0.3 is 0 Å². The second-order valence-electron chi connectivity index (χ2n) is 5.35. The van der Waals surface area contributed by atoms with E-state index >= 15 is 0 Å². The summed E-state index contributed by atoms with van der Waals surface area (Å²) in [5, 5.41) is 7.21. The van der Waals surface area contributed by atoms with E-state index < -0.39 is 0 Å². The number of benzene rings is 1. The summed E-state index contributed by atoms with van der Waals surface area (Å²) in [5.74, 6) is 0.0318. The van der Waals surface area contributed by atoms with Gasteiger partial charge in [0.25, 0.3) is 0 Å². The Bertz CT molecular complexity index is 578. The lowest BCUT2D eigenvalue weighted by atomic mass is 10.1. The highest BCUT2D eigenvalue weighted by Crippen LogP contribution is 2.16. The van der Waals surface area contributed by atoms with E-state index in [0.717, 1.165) is 11.3 Å². The number of carbonyl (C=O) groups excluding carboxylic acids is 1. The van der Waals surface area contributed by atoms with Crippen LogP contribution in [-0.2, 0) is 4.79 Å². The summed E-state index contributed by atoms with van der Waals surface area (Å²) in [5.41, 5.74) is 7.70. The first-order chi connectivity index (χ1) is 10.1. The van der Waals surface area contributed by atoms with Gasteiger partial charge in [-0.25, -0.2) is 4.68 Å². The molecular weight excluding hydrogens is 264 g/mol. The molecule has 2 rings (SSSR count). The van der Waals surface area contributed by atoms with Gasteiger partial charge in [0.05, 0.1) is 11.7 Å².